The highest BCUT2D eigenvalue weighted by Crippen LogP contribution is 2.41. The molecule has 2 heterocycles. The lowest BCUT2D eigenvalue weighted by Crippen LogP contribution is -2.01. The fraction of sp³-hybridized carbons (Fsp3) is 0. The van der Waals surface area contributed by atoms with Crippen molar-refractivity contribution in [3.05, 3.63) is 164 Å². The second kappa shape index (κ2) is 11.4. The third-order valence-corrected chi connectivity index (χ3v) is 9.98. The standard InChI is InChI=1S/C43H27N3S/c1-3-12-28(13-4-1)34-27-26-29-14-7-8-17-33(29)39(34)43-45-41(31-15-5-2-6-16-31)44-42(46-43)32-24-22-30(23-25-32)35-19-11-20-37-36-18-9-10-21-38(36)47-40(35)37/h1-27H. The number of fused-ring (bicyclic) bond motifs is 4. The maximum Gasteiger partial charge on any atom is 0.165 e. The molecule has 9 rings (SSSR count). The van der Waals surface area contributed by atoms with Crippen LogP contribution in [0.5, 0.6) is 0 Å². The monoisotopic (exact) mass is 617 g/mol. The largest absolute Gasteiger partial charge is 0.208 e. The molecule has 0 saturated heterocycles. The average molecular weight is 618 g/mol. The molecule has 0 saturated carbocycles. The molecule has 2 aromatic heterocycles. The van der Waals surface area contributed by atoms with Gasteiger partial charge in [-0.3, -0.25) is 0 Å². The van der Waals surface area contributed by atoms with Crippen LogP contribution in [0.4, 0.5) is 0 Å². The lowest BCUT2D eigenvalue weighted by Gasteiger charge is -2.15. The van der Waals surface area contributed by atoms with E-state index in [1.54, 1.807) is 0 Å². The second-order valence-electron chi connectivity index (χ2n) is 11.6. The average Bonchev–Trinajstić information content (AvgIpc) is 3.54. The molecule has 0 fully saturated rings. The van der Waals surface area contributed by atoms with Crippen LogP contribution in [-0.4, -0.2) is 15.0 Å². The highest BCUT2D eigenvalue weighted by atomic mass is 32.1. The summed E-state index contributed by atoms with van der Waals surface area (Å²) in [6, 6.07) is 57.3. The second-order valence-corrected chi connectivity index (χ2v) is 12.7. The number of rotatable bonds is 5. The number of nitrogens with zero attached hydrogens (tertiary/aromatic N) is 3. The van der Waals surface area contributed by atoms with E-state index in [-0.39, 0.29) is 0 Å². The van der Waals surface area contributed by atoms with Gasteiger partial charge in [-0.05, 0) is 39.1 Å². The first-order chi connectivity index (χ1) is 23.3. The fourth-order valence-electron chi connectivity index (χ4n) is 6.48. The van der Waals surface area contributed by atoms with Crippen molar-refractivity contribution < 1.29 is 0 Å². The van der Waals surface area contributed by atoms with Crippen LogP contribution < -0.4 is 0 Å². The minimum Gasteiger partial charge on any atom is -0.208 e. The summed E-state index contributed by atoms with van der Waals surface area (Å²) in [7, 11) is 0. The van der Waals surface area contributed by atoms with E-state index < -0.39 is 0 Å². The van der Waals surface area contributed by atoms with Crippen LogP contribution in [-0.2, 0) is 0 Å². The molecular weight excluding hydrogens is 591 g/mol. The fourth-order valence-corrected chi connectivity index (χ4v) is 7.72. The summed E-state index contributed by atoms with van der Waals surface area (Å²) in [6.07, 6.45) is 0. The van der Waals surface area contributed by atoms with Gasteiger partial charge in [0.1, 0.15) is 0 Å². The van der Waals surface area contributed by atoms with Crippen molar-refractivity contribution in [1.29, 1.82) is 0 Å². The van der Waals surface area contributed by atoms with Gasteiger partial charge in [0.2, 0.25) is 0 Å². The van der Waals surface area contributed by atoms with E-state index in [1.165, 1.54) is 31.3 Å². The molecule has 47 heavy (non-hydrogen) atoms. The van der Waals surface area contributed by atoms with Gasteiger partial charge < -0.3 is 0 Å². The smallest absolute Gasteiger partial charge is 0.165 e. The molecule has 4 heteroatoms. The van der Waals surface area contributed by atoms with Gasteiger partial charge in [0, 0.05) is 36.9 Å². The van der Waals surface area contributed by atoms with Crippen LogP contribution in [0.15, 0.2) is 164 Å². The SMILES string of the molecule is c1ccc(-c2nc(-c3ccc(-c4cccc5c4sc4ccccc45)cc3)nc(-c3c(-c4ccccc4)ccc4ccccc34)n2)cc1. The normalized spacial score (nSPS) is 11.4. The Labute approximate surface area is 276 Å². The Kier molecular flexibility index (Phi) is 6.65. The zero-order valence-corrected chi connectivity index (χ0v) is 26.2. The Bertz CT molecular complexity index is 2550. The van der Waals surface area contributed by atoms with Crippen molar-refractivity contribution in [2.75, 3.05) is 0 Å². The van der Waals surface area contributed by atoms with Gasteiger partial charge in [0.05, 0.1) is 0 Å². The molecule has 0 amide bonds. The summed E-state index contributed by atoms with van der Waals surface area (Å²) < 4.78 is 2.61. The molecule has 0 radical (unpaired) electrons. The number of thiophene rings is 1. The van der Waals surface area contributed by atoms with E-state index in [2.05, 4.69) is 140 Å². The Morgan fingerprint density at radius 2 is 0.894 bits per heavy atom. The predicted octanol–water partition coefficient (Wildman–Crippen LogP) is 11.7. The number of aromatic nitrogens is 3. The summed E-state index contributed by atoms with van der Waals surface area (Å²) >= 11 is 1.85. The van der Waals surface area contributed by atoms with E-state index in [4.69, 9.17) is 15.0 Å². The maximum absolute atomic E-state index is 5.20. The maximum atomic E-state index is 5.20. The number of benzene rings is 7. The highest BCUT2D eigenvalue weighted by molar-refractivity contribution is 7.26. The zero-order valence-electron chi connectivity index (χ0n) is 25.3. The first kappa shape index (κ1) is 27.3. The van der Waals surface area contributed by atoms with Gasteiger partial charge in [0.25, 0.3) is 0 Å². The van der Waals surface area contributed by atoms with Gasteiger partial charge in [-0.25, -0.2) is 15.0 Å². The molecule has 220 valence electrons. The van der Waals surface area contributed by atoms with E-state index in [9.17, 15) is 0 Å². The van der Waals surface area contributed by atoms with E-state index in [1.807, 2.05) is 35.6 Å². The van der Waals surface area contributed by atoms with Crippen molar-refractivity contribution >= 4 is 42.3 Å². The van der Waals surface area contributed by atoms with Gasteiger partial charge in [-0.2, -0.15) is 0 Å². The lowest BCUT2D eigenvalue weighted by molar-refractivity contribution is 1.08. The van der Waals surface area contributed by atoms with Gasteiger partial charge in [-0.1, -0.05) is 158 Å². The molecule has 0 N–H and O–H groups in total. The molecule has 0 atom stereocenters. The van der Waals surface area contributed by atoms with Crippen molar-refractivity contribution in [2.45, 2.75) is 0 Å². The first-order valence-corrected chi connectivity index (χ1v) is 16.5. The molecule has 0 unspecified atom stereocenters. The summed E-state index contributed by atoms with van der Waals surface area (Å²) in [5.41, 5.74) is 7.52. The molecule has 0 aliphatic rings. The molecule has 0 bridgehead atoms. The lowest BCUT2D eigenvalue weighted by atomic mass is 9.93. The first-order valence-electron chi connectivity index (χ1n) is 15.7. The summed E-state index contributed by atoms with van der Waals surface area (Å²) in [6.45, 7) is 0. The molecular formula is C43H27N3S. The summed E-state index contributed by atoms with van der Waals surface area (Å²) in [4.78, 5) is 15.4. The van der Waals surface area contributed by atoms with E-state index in [0.29, 0.717) is 17.5 Å². The van der Waals surface area contributed by atoms with Gasteiger partial charge in [0.15, 0.2) is 17.5 Å². The highest BCUT2D eigenvalue weighted by Gasteiger charge is 2.19. The molecule has 0 aliphatic heterocycles. The van der Waals surface area contributed by atoms with Crippen LogP contribution in [0, 0.1) is 0 Å². The Hall–Kier alpha value is -5.97. The van der Waals surface area contributed by atoms with Crippen molar-refractivity contribution in [2.24, 2.45) is 0 Å². The summed E-state index contributed by atoms with van der Waals surface area (Å²) in [5, 5.41) is 4.86. The van der Waals surface area contributed by atoms with E-state index in [0.717, 1.165) is 38.6 Å². The minimum absolute atomic E-state index is 0.646. The Morgan fingerprint density at radius 3 is 1.66 bits per heavy atom. The third kappa shape index (κ3) is 4.87. The van der Waals surface area contributed by atoms with Gasteiger partial charge in [-0.15, -0.1) is 11.3 Å². The zero-order chi connectivity index (χ0) is 31.2. The predicted molar refractivity (Wildman–Crippen MR) is 197 cm³/mol. The molecule has 3 nitrogen and oxygen atoms in total. The van der Waals surface area contributed by atoms with Crippen LogP contribution >= 0.6 is 11.3 Å². The van der Waals surface area contributed by atoms with Crippen molar-refractivity contribution in [1.82, 2.24) is 15.0 Å². The Morgan fingerprint density at radius 1 is 0.340 bits per heavy atom. The van der Waals surface area contributed by atoms with E-state index >= 15 is 0 Å². The van der Waals surface area contributed by atoms with Crippen LogP contribution in [0.3, 0.4) is 0 Å². The van der Waals surface area contributed by atoms with Gasteiger partial charge >= 0.3 is 0 Å². The van der Waals surface area contributed by atoms with Crippen LogP contribution in [0.2, 0.25) is 0 Å². The molecule has 0 spiro atoms. The molecule has 0 aliphatic carbocycles. The Balaban J connectivity index is 1.22. The third-order valence-electron chi connectivity index (χ3n) is 8.76. The van der Waals surface area contributed by atoms with Crippen molar-refractivity contribution in [3.8, 4) is 56.4 Å². The molecule has 9 aromatic rings. The number of hydrogen-bond acceptors (Lipinski definition) is 4. The molecule has 7 aromatic carbocycles. The number of hydrogen-bond donors (Lipinski definition) is 0. The van der Waals surface area contributed by atoms with Crippen LogP contribution in [0.1, 0.15) is 0 Å². The van der Waals surface area contributed by atoms with Crippen molar-refractivity contribution in [3.63, 3.8) is 0 Å². The minimum atomic E-state index is 0.646. The topological polar surface area (TPSA) is 38.7 Å². The van der Waals surface area contributed by atoms with Crippen LogP contribution in [0.25, 0.3) is 87.4 Å². The summed E-state index contributed by atoms with van der Waals surface area (Å²) in [5.74, 6) is 1.95. The quantitative estimate of drug-likeness (QED) is 0.193.